The predicted molar refractivity (Wildman–Crippen MR) is 78.2 cm³/mol. The van der Waals surface area contributed by atoms with Crippen molar-refractivity contribution in [2.24, 2.45) is 0 Å². The van der Waals surface area contributed by atoms with Gasteiger partial charge in [-0.2, -0.15) is 0 Å². The highest BCUT2D eigenvalue weighted by Crippen LogP contribution is 2.21. The summed E-state index contributed by atoms with van der Waals surface area (Å²) in [5.74, 6) is 0.126. The molecule has 0 unspecified atom stereocenters. The Kier molecular flexibility index (Phi) is 4.43. The first kappa shape index (κ1) is 13.9. The zero-order valence-electron chi connectivity index (χ0n) is 11.9. The number of nitrogens with two attached hydrogens (primary N) is 1. The van der Waals surface area contributed by atoms with Gasteiger partial charge >= 0.3 is 0 Å². The highest BCUT2D eigenvalue weighted by atomic mass is 16.2. The topological polar surface area (TPSA) is 49.6 Å². The van der Waals surface area contributed by atoms with Gasteiger partial charge in [0.05, 0.1) is 0 Å². The monoisotopic (exact) mass is 261 g/mol. The molecule has 0 spiro atoms. The smallest absolute Gasteiger partial charge is 0.254 e. The maximum Gasteiger partial charge on any atom is 0.254 e. The molecule has 4 heteroatoms. The van der Waals surface area contributed by atoms with Crippen LogP contribution in [0.15, 0.2) is 18.2 Å². The number of fused-ring (bicyclic) bond motifs is 1. The van der Waals surface area contributed by atoms with Gasteiger partial charge in [-0.05, 0) is 37.2 Å². The van der Waals surface area contributed by atoms with E-state index in [1.807, 2.05) is 17.0 Å². The van der Waals surface area contributed by atoms with Crippen LogP contribution in [0, 0.1) is 0 Å². The molecule has 0 saturated heterocycles. The number of carbonyl (C=O) groups is 1. The average Bonchev–Trinajstić information content (AvgIpc) is 2.42. The summed E-state index contributed by atoms with van der Waals surface area (Å²) in [6.07, 6.45) is 0.930. The van der Waals surface area contributed by atoms with Crippen LogP contribution in [0.5, 0.6) is 0 Å². The largest absolute Gasteiger partial charge is 0.399 e. The Morgan fingerprint density at radius 1 is 1.32 bits per heavy atom. The molecule has 0 bridgehead atoms. The molecule has 0 radical (unpaired) electrons. The molecule has 1 aromatic carbocycles. The third-order valence-corrected chi connectivity index (χ3v) is 3.88. The van der Waals surface area contributed by atoms with E-state index >= 15 is 0 Å². The molecule has 0 saturated carbocycles. The van der Waals surface area contributed by atoms with Crippen LogP contribution in [-0.2, 0) is 6.42 Å². The second kappa shape index (κ2) is 6.06. The SMILES string of the molecule is CCN(CC)CCN1CCc2ccc(N)cc2C1=O. The zero-order valence-corrected chi connectivity index (χ0v) is 11.9. The van der Waals surface area contributed by atoms with Crippen molar-refractivity contribution in [2.75, 3.05) is 38.5 Å². The van der Waals surface area contributed by atoms with Crippen molar-refractivity contribution in [1.29, 1.82) is 0 Å². The van der Waals surface area contributed by atoms with Gasteiger partial charge < -0.3 is 15.5 Å². The normalized spacial score (nSPS) is 14.9. The molecule has 1 aliphatic rings. The summed E-state index contributed by atoms with van der Waals surface area (Å²) in [6, 6.07) is 5.66. The summed E-state index contributed by atoms with van der Waals surface area (Å²) in [5.41, 5.74) is 8.35. The van der Waals surface area contributed by atoms with Crippen LogP contribution in [0.2, 0.25) is 0 Å². The van der Waals surface area contributed by atoms with Gasteiger partial charge in [-0.3, -0.25) is 4.79 Å². The fraction of sp³-hybridized carbons (Fsp3) is 0.533. The van der Waals surface area contributed by atoms with Crippen LogP contribution in [0.4, 0.5) is 5.69 Å². The lowest BCUT2D eigenvalue weighted by Gasteiger charge is -2.30. The van der Waals surface area contributed by atoms with Gasteiger partial charge in [0.1, 0.15) is 0 Å². The van der Waals surface area contributed by atoms with Crippen LogP contribution in [0.3, 0.4) is 0 Å². The van der Waals surface area contributed by atoms with Crippen LogP contribution < -0.4 is 5.73 Å². The Hall–Kier alpha value is -1.55. The van der Waals surface area contributed by atoms with Crippen molar-refractivity contribution >= 4 is 11.6 Å². The molecule has 1 amide bonds. The van der Waals surface area contributed by atoms with E-state index in [2.05, 4.69) is 18.7 Å². The van der Waals surface area contributed by atoms with E-state index in [9.17, 15) is 4.79 Å². The molecule has 0 aliphatic carbocycles. The van der Waals surface area contributed by atoms with Crippen LogP contribution in [0.1, 0.15) is 29.8 Å². The van der Waals surface area contributed by atoms with Crippen LogP contribution in [0.25, 0.3) is 0 Å². The first-order valence-electron chi connectivity index (χ1n) is 7.05. The maximum atomic E-state index is 12.4. The summed E-state index contributed by atoms with van der Waals surface area (Å²) in [5, 5.41) is 0. The van der Waals surface area contributed by atoms with Gasteiger partial charge in [-0.15, -0.1) is 0 Å². The van der Waals surface area contributed by atoms with E-state index in [1.54, 1.807) is 6.07 Å². The minimum atomic E-state index is 0.126. The Morgan fingerprint density at radius 2 is 2.05 bits per heavy atom. The minimum absolute atomic E-state index is 0.126. The molecule has 4 nitrogen and oxygen atoms in total. The van der Waals surface area contributed by atoms with Crippen molar-refractivity contribution in [3.05, 3.63) is 29.3 Å². The highest BCUT2D eigenvalue weighted by molar-refractivity contribution is 5.97. The molecule has 1 aliphatic heterocycles. The molecular formula is C15H23N3O. The lowest BCUT2D eigenvalue weighted by molar-refractivity contribution is 0.0721. The molecule has 2 N–H and O–H groups in total. The van der Waals surface area contributed by atoms with Gasteiger partial charge in [-0.1, -0.05) is 19.9 Å². The Labute approximate surface area is 115 Å². The van der Waals surface area contributed by atoms with E-state index in [0.29, 0.717) is 5.69 Å². The van der Waals surface area contributed by atoms with Crippen molar-refractivity contribution < 1.29 is 4.79 Å². The molecule has 0 atom stereocenters. The van der Waals surface area contributed by atoms with E-state index in [0.717, 1.165) is 50.3 Å². The van der Waals surface area contributed by atoms with E-state index in [1.165, 1.54) is 0 Å². The molecule has 1 heterocycles. The summed E-state index contributed by atoms with van der Waals surface area (Å²) < 4.78 is 0. The second-order valence-corrected chi connectivity index (χ2v) is 4.99. The number of likely N-dealkylation sites (N-methyl/N-ethyl adjacent to an activating group) is 1. The number of nitrogen functional groups attached to an aromatic ring is 1. The van der Waals surface area contributed by atoms with Crippen molar-refractivity contribution in [2.45, 2.75) is 20.3 Å². The van der Waals surface area contributed by atoms with Gasteiger partial charge in [0, 0.05) is 30.9 Å². The standard InChI is InChI=1S/C15H23N3O/c1-3-17(4-2)9-10-18-8-7-12-5-6-13(16)11-14(12)15(18)19/h5-6,11H,3-4,7-10,16H2,1-2H3. The summed E-state index contributed by atoms with van der Waals surface area (Å²) >= 11 is 0. The number of rotatable bonds is 5. The molecule has 19 heavy (non-hydrogen) atoms. The van der Waals surface area contributed by atoms with Gasteiger partial charge in [0.15, 0.2) is 0 Å². The van der Waals surface area contributed by atoms with Gasteiger partial charge in [0.2, 0.25) is 0 Å². The first-order chi connectivity index (χ1) is 9.15. The Bertz CT molecular complexity index is 455. The lowest BCUT2D eigenvalue weighted by Crippen LogP contribution is -2.42. The number of carbonyl (C=O) groups excluding carboxylic acids is 1. The van der Waals surface area contributed by atoms with Gasteiger partial charge in [-0.25, -0.2) is 0 Å². The van der Waals surface area contributed by atoms with Crippen molar-refractivity contribution in [1.82, 2.24) is 9.80 Å². The molecule has 0 fully saturated rings. The average molecular weight is 261 g/mol. The third kappa shape index (κ3) is 3.07. The quantitative estimate of drug-likeness (QED) is 0.819. The summed E-state index contributed by atoms with van der Waals surface area (Å²) in [6.45, 7) is 8.92. The molecular weight excluding hydrogens is 238 g/mol. The lowest BCUT2D eigenvalue weighted by atomic mass is 9.98. The third-order valence-electron chi connectivity index (χ3n) is 3.88. The van der Waals surface area contributed by atoms with Crippen LogP contribution in [-0.4, -0.2) is 48.4 Å². The number of amides is 1. The van der Waals surface area contributed by atoms with Crippen LogP contribution >= 0.6 is 0 Å². The van der Waals surface area contributed by atoms with Crippen molar-refractivity contribution in [3.8, 4) is 0 Å². The molecule has 104 valence electrons. The Balaban J connectivity index is 2.04. The number of hydrogen-bond acceptors (Lipinski definition) is 3. The fourth-order valence-corrected chi connectivity index (χ4v) is 2.55. The second-order valence-electron chi connectivity index (χ2n) is 4.99. The molecule has 2 rings (SSSR count). The summed E-state index contributed by atoms with van der Waals surface area (Å²) in [4.78, 5) is 16.7. The number of benzene rings is 1. The minimum Gasteiger partial charge on any atom is -0.399 e. The first-order valence-corrected chi connectivity index (χ1v) is 7.05. The van der Waals surface area contributed by atoms with Crippen molar-refractivity contribution in [3.63, 3.8) is 0 Å². The number of hydrogen-bond donors (Lipinski definition) is 1. The van der Waals surface area contributed by atoms with E-state index in [4.69, 9.17) is 5.73 Å². The van der Waals surface area contributed by atoms with E-state index in [-0.39, 0.29) is 5.91 Å². The fourth-order valence-electron chi connectivity index (χ4n) is 2.55. The zero-order chi connectivity index (χ0) is 13.8. The molecule has 0 aromatic heterocycles. The van der Waals surface area contributed by atoms with Gasteiger partial charge in [0.25, 0.3) is 5.91 Å². The number of anilines is 1. The summed E-state index contributed by atoms with van der Waals surface area (Å²) in [7, 11) is 0. The Morgan fingerprint density at radius 3 is 2.74 bits per heavy atom. The maximum absolute atomic E-state index is 12.4. The predicted octanol–water partition coefficient (Wildman–Crippen LogP) is 1.61. The molecule has 1 aromatic rings. The highest BCUT2D eigenvalue weighted by Gasteiger charge is 2.24. The van der Waals surface area contributed by atoms with E-state index < -0.39 is 0 Å². The number of nitrogens with zero attached hydrogens (tertiary/aromatic N) is 2.